The quantitative estimate of drug-likeness (QED) is 0.479. The Bertz CT molecular complexity index is 1120. The highest BCUT2D eigenvalue weighted by Gasteiger charge is 2.41. The number of aliphatic hydroxyl groups excluding tert-OH is 1. The Morgan fingerprint density at radius 1 is 1.28 bits per heavy atom. The number of amides is 2. The monoisotopic (exact) mass is 462 g/mol. The summed E-state index contributed by atoms with van der Waals surface area (Å²) in [5.41, 5.74) is 0.396. The van der Waals surface area contributed by atoms with Crippen LogP contribution in [0.15, 0.2) is 36.5 Å². The number of hydrogen-bond acceptors (Lipinski definition) is 3. The van der Waals surface area contributed by atoms with Crippen LogP contribution in [0.3, 0.4) is 0 Å². The number of fused-ring (bicyclic) bond motifs is 1. The van der Waals surface area contributed by atoms with E-state index in [9.17, 15) is 18.7 Å². The van der Waals surface area contributed by atoms with Crippen LogP contribution in [0.4, 0.5) is 19.3 Å². The highest BCUT2D eigenvalue weighted by molar-refractivity contribution is 6.31. The van der Waals surface area contributed by atoms with Crippen molar-refractivity contribution in [3.05, 3.63) is 58.7 Å². The number of piperidine rings is 1. The molecule has 1 aliphatic rings. The molecule has 32 heavy (non-hydrogen) atoms. The summed E-state index contributed by atoms with van der Waals surface area (Å²) >= 11 is 6.06. The molecule has 0 aliphatic carbocycles. The lowest BCUT2D eigenvalue weighted by molar-refractivity contribution is -0.0156. The zero-order valence-electron chi connectivity index (χ0n) is 17.8. The van der Waals surface area contributed by atoms with Crippen molar-refractivity contribution in [2.24, 2.45) is 11.3 Å². The average Bonchev–Trinajstić information content (AvgIpc) is 3.23. The molecule has 170 valence electrons. The second kappa shape index (κ2) is 8.67. The van der Waals surface area contributed by atoms with Crippen molar-refractivity contribution in [1.82, 2.24) is 15.1 Å². The third-order valence-corrected chi connectivity index (χ3v) is 6.85. The maximum Gasteiger partial charge on any atom is 0.321 e. The molecule has 0 saturated carbocycles. The van der Waals surface area contributed by atoms with E-state index >= 15 is 0 Å². The molecular weight excluding hydrogens is 438 g/mol. The second-order valence-corrected chi connectivity index (χ2v) is 9.25. The van der Waals surface area contributed by atoms with Crippen molar-refractivity contribution in [3.8, 4) is 0 Å². The summed E-state index contributed by atoms with van der Waals surface area (Å²) in [5.74, 6) is -0.975. The molecule has 2 heterocycles. The van der Waals surface area contributed by atoms with Crippen molar-refractivity contribution < 1.29 is 18.7 Å². The van der Waals surface area contributed by atoms with Crippen LogP contribution in [-0.2, 0) is 0 Å². The van der Waals surface area contributed by atoms with E-state index in [2.05, 4.69) is 15.5 Å². The molecule has 3 aromatic rings. The Labute approximate surface area is 189 Å². The van der Waals surface area contributed by atoms with Crippen LogP contribution in [0, 0.1) is 23.0 Å². The number of nitrogens with zero attached hydrogens (tertiary/aromatic N) is 2. The predicted octanol–water partition coefficient (Wildman–Crippen LogP) is 5.50. The van der Waals surface area contributed by atoms with Gasteiger partial charge < -0.3 is 15.3 Å². The molecule has 3 N–H and O–H groups in total. The summed E-state index contributed by atoms with van der Waals surface area (Å²) in [4.78, 5) is 14.2. The van der Waals surface area contributed by atoms with E-state index in [0.717, 1.165) is 0 Å². The smallest absolute Gasteiger partial charge is 0.321 e. The van der Waals surface area contributed by atoms with E-state index in [4.69, 9.17) is 11.6 Å². The van der Waals surface area contributed by atoms with Crippen molar-refractivity contribution in [1.29, 1.82) is 0 Å². The standard InChI is InChI=1S/C23H25ClF2N4O2/c1-23(2,21(31)18-19(26)17(24)11-13-12-27-29-20(13)18)14-7-9-30(10-8-14)22(32)28-16-5-3-15(25)4-6-16/h3-6,11-12,14,21,31H,7-10H2,1-2H3,(H,27,29)(H,28,32)/t21-/m1/s1. The zero-order valence-corrected chi connectivity index (χ0v) is 18.6. The lowest BCUT2D eigenvalue weighted by Crippen LogP contribution is -2.45. The van der Waals surface area contributed by atoms with Crippen LogP contribution < -0.4 is 5.32 Å². The minimum Gasteiger partial charge on any atom is -0.388 e. The topological polar surface area (TPSA) is 81.2 Å². The maximum absolute atomic E-state index is 14.9. The first-order valence-electron chi connectivity index (χ1n) is 10.5. The third kappa shape index (κ3) is 4.17. The van der Waals surface area contributed by atoms with E-state index in [1.807, 2.05) is 13.8 Å². The Morgan fingerprint density at radius 2 is 1.94 bits per heavy atom. The molecule has 0 unspecified atom stereocenters. The molecule has 6 nitrogen and oxygen atoms in total. The van der Waals surface area contributed by atoms with Gasteiger partial charge in [0.15, 0.2) is 0 Å². The molecule has 1 saturated heterocycles. The highest BCUT2D eigenvalue weighted by Crippen LogP contribution is 2.47. The molecule has 1 fully saturated rings. The van der Waals surface area contributed by atoms with Gasteiger partial charge in [-0.2, -0.15) is 5.10 Å². The average molecular weight is 463 g/mol. The van der Waals surface area contributed by atoms with Gasteiger partial charge in [-0.3, -0.25) is 5.10 Å². The number of anilines is 1. The largest absolute Gasteiger partial charge is 0.388 e. The normalized spacial score (nSPS) is 16.4. The molecular formula is C23H25ClF2N4O2. The Morgan fingerprint density at radius 3 is 2.59 bits per heavy atom. The lowest BCUT2D eigenvalue weighted by atomic mass is 9.68. The number of likely N-dealkylation sites (tertiary alicyclic amines) is 1. The van der Waals surface area contributed by atoms with Crippen LogP contribution >= 0.6 is 11.6 Å². The summed E-state index contributed by atoms with van der Waals surface area (Å²) in [7, 11) is 0. The fourth-order valence-corrected chi connectivity index (χ4v) is 4.69. The van der Waals surface area contributed by atoms with Crippen LogP contribution in [0.25, 0.3) is 10.9 Å². The number of urea groups is 1. The van der Waals surface area contributed by atoms with Gasteiger partial charge in [0.2, 0.25) is 0 Å². The number of halogens is 3. The molecule has 2 aromatic carbocycles. The van der Waals surface area contributed by atoms with Gasteiger partial charge >= 0.3 is 6.03 Å². The van der Waals surface area contributed by atoms with Gasteiger partial charge in [-0.15, -0.1) is 0 Å². The van der Waals surface area contributed by atoms with E-state index < -0.39 is 17.3 Å². The first kappa shape index (κ1) is 22.5. The van der Waals surface area contributed by atoms with E-state index in [0.29, 0.717) is 42.5 Å². The number of benzene rings is 2. The number of carbonyl (C=O) groups is 1. The zero-order chi connectivity index (χ0) is 23.0. The molecule has 0 spiro atoms. The van der Waals surface area contributed by atoms with Crippen LogP contribution in [0.2, 0.25) is 5.02 Å². The highest BCUT2D eigenvalue weighted by atomic mass is 35.5. The van der Waals surface area contributed by atoms with Gasteiger partial charge in [0, 0.05) is 29.7 Å². The van der Waals surface area contributed by atoms with Gasteiger partial charge in [0.05, 0.1) is 22.8 Å². The first-order chi connectivity index (χ1) is 15.2. The molecule has 9 heteroatoms. The number of aromatic amines is 1. The molecule has 4 rings (SSSR count). The minimum absolute atomic E-state index is 0.0451. The third-order valence-electron chi connectivity index (χ3n) is 6.57. The molecule has 1 atom stereocenters. The van der Waals surface area contributed by atoms with Crippen molar-refractivity contribution in [2.45, 2.75) is 32.8 Å². The number of aliphatic hydroxyl groups is 1. The summed E-state index contributed by atoms with van der Waals surface area (Å²) in [6.45, 7) is 4.79. The SMILES string of the molecule is CC(C)(C1CCN(C(=O)Nc2ccc(F)cc2)CC1)[C@H](O)c1c(F)c(Cl)cc2cn[nH]c12. The number of H-pyrrole nitrogens is 1. The van der Waals surface area contributed by atoms with Crippen molar-refractivity contribution in [3.63, 3.8) is 0 Å². The molecule has 0 bridgehead atoms. The number of aromatic nitrogens is 2. The van der Waals surface area contributed by atoms with E-state index in [1.165, 1.54) is 30.3 Å². The summed E-state index contributed by atoms with van der Waals surface area (Å²) in [6.07, 6.45) is 1.72. The number of nitrogens with one attached hydrogen (secondary N) is 2. The summed E-state index contributed by atoms with van der Waals surface area (Å²) < 4.78 is 28.0. The Hall–Kier alpha value is -2.71. The van der Waals surface area contributed by atoms with Gasteiger partial charge in [0.25, 0.3) is 0 Å². The van der Waals surface area contributed by atoms with E-state index in [-0.39, 0.29) is 28.4 Å². The fourth-order valence-electron chi connectivity index (χ4n) is 4.47. The Kier molecular flexibility index (Phi) is 6.09. The molecule has 1 aliphatic heterocycles. The van der Waals surface area contributed by atoms with E-state index in [1.54, 1.807) is 11.1 Å². The fraction of sp³-hybridized carbons (Fsp3) is 0.391. The van der Waals surface area contributed by atoms with Gasteiger partial charge in [-0.1, -0.05) is 25.4 Å². The lowest BCUT2D eigenvalue weighted by Gasteiger charge is -2.43. The predicted molar refractivity (Wildman–Crippen MR) is 120 cm³/mol. The second-order valence-electron chi connectivity index (χ2n) is 8.84. The first-order valence-corrected chi connectivity index (χ1v) is 10.9. The number of rotatable bonds is 4. The number of carbonyl (C=O) groups excluding carboxylic acids is 1. The maximum atomic E-state index is 14.9. The number of hydrogen-bond donors (Lipinski definition) is 3. The summed E-state index contributed by atoms with van der Waals surface area (Å²) in [6, 6.07) is 6.82. The molecule has 2 amide bonds. The van der Waals surface area contributed by atoms with Crippen LogP contribution in [-0.4, -0.2) is 39.3 Å². The van der Waals surface area contributed by atoms with Crippen LogP contribution in [0.1, 0.15) is 38.4 Å². The molecule has 0 radical (unpaired) electrons. The molecule has 1 aromatic heterocycles. The Balaban J connectivity index is 1.46. The van der Waals surface area contributed by atoms with Gasteiger partial charge in [-0.25, -0.2) is 13.6 Å². The van der Waals surface area contributed by atoms with Crippen LogP contribution in [0.5, 0.6) is 0 Å². The summed E-state index contributed by atoms with van der Waals surface area (Å²) in [5, 5.41) is 21.3. The van der Waals surface area contributed by atoms with Gasteiger partial charge in [0.1, 0.15) is 11.6 Å². The van der Waals surface area contributed by atoms with Crippen molar-refractivity contribution >= 4 is 34.2 Å². The van der Waals surface area contributed by atoms with Crippen molar-refractivity contribution in [2.75, 3.05) is 18.4 Å². The van der Waals surface area contributed by atoms with Gasteiger partial charge in [-0.05, 0) is 54.5 Å². The minimum atomic E-state index is -1.12.